The fourth-order valence-electron chi connectivity index (χ4n) is 1.26. The second kappa shape index (κ2) is 5.04. The molecule has 0 radical (unpaired) electrons. The molecule has 1 atom stereocenters. The van der Waals surface area contributed by atoms with E-state index in [9.17, 15) is 14.5 Å². The van der Waals surface area contributed by atoms with Gasteiger partial charge in [0.05, 0.1) is 11.6 Å². The molecule has 0 aliphatic carbocycles. The van der Waals surface area contributed by atoms with Crippen LogP contribution in [-0.4, -0.2) is 11.6 Å². The lowest BCUT2D eigenvalue weighted by atomic mass is 10.0. The monoisotopic (exact) mass is 232 g/mol. The molecule has 2 N–H and O–H groups in total. The van der Waals surface area contributed by atoms with Crippen molar-refractivity contribution in [2.45, 2.75) is 12.5 Å². The van der Waals surface area contributed by atoms with Crippen LogP contribution < -0.4 is 5.73 Å². The molecule has 0 aliphatic heterocycles. The Morgan fingerprint density at radius 1 is 1.60 bits per heavy atom. The normalized spacial score (nSPS) is 12.5. The van der Waals surface area contributed by atoms with Gasteiger partial charge in [-0.15, -0.1) is 0 Å². The summed E-state index contributed by atoms with van der Waals surface area (Å²) in [7, 11) is 0. The van der Waals surface area contributed by atoms with Crippen molar-refractivity contribution in [1.29, 1.82) is 0 Å². The second-order valence-corrected chi connectivity index (χ2v) is 3.48. The first-order valence-corrected chi connectivity index (χ1v) is 4.69. The summed E-state index contributed by atoms with van der Waals surface area (Å²) in [4.78, 5) is 10.1. The van der Waals surface area contributed by atoms with E-state index in [2.05, 4.69) is 0 Å². The first-order valence-electron chi connectivity index (χ1n) is 4.31. The largest absolute Gasteiger partial charge is 0.324 e. The standard InChI is InChI=1S/C9H10ClFN2O2/c10-6-1-2-9(13(14)15)7(5-6)8(12)3-4-11/h1-2,5,8H,3-4,12H2/t8-/m1/s1. The Morgan fingerprint density at radius 3 is 2.80 bits per heavy atom. The number of alkyl halides is 1. The molecular weight excluding hydrogens is 223 g/mol. The molecule has 15 heavy (non-hydrogen) atoms. The Hall–Kier alpha value is -1.20. The lowest BCUT2D eigenvalue weighted by molar-refractivity contribution is -0.385. The Labute approximate surface area is 91.0 Å². The van der Waals surface area contributed by atoms with Gasteiger partial charge in [-0.3, -0.25) is 14.5 Å². The van der Waals surface area contributed by atoms with E-state index in [-0.39, 0.29) is 17.7 Å². The van der Waals surface area contributed by atoms with Crippen molar-refractivity contribution < 1.29 is 9.31 Å². The van der Waals surface area contributed by atoms with Crippen LogP contribution in [0.25, 0.3) is 0 Å². The molecule has 0 unspecified atom stereocenters. The summed E-state index contributed by atoms with van der Waals surface area (Å²) in [5.74, 6) is 0. The lowest BCUT2D eigenvalue weighted by Crippen LogP contribution is -2.13. The van der Waals surface area contributed by atoms with Gasteiger partial charge in [0.1, 0.15) is 0 Å². The van der Waals surface area contributed by atoms with Crippen LogP contribution in [0.15, 0.2) is 18.2 Å². The van der Waals surface area contributed by atoms with Gasteiger partial charge in [-0.25, -0.2) is 0 Å². The van der Waals surface area contributed by atoms with E-state index in [1.165, 1.54) is 18.2 Å². The molecule has 0 aromatic heterocycles. The molecule has 0 saturated carbocycles. The molecule has 0 amide bonds. The molecule has 4 nitrogen and oxygen atoms in total. The molecule has 0 fully saturated rings. The van der Waals surface area contributed by atoms with Crippen LogP contribution >= 0.6 is 11.6 Å². The van der Waals surface area contributed by atoms with Crippen LogP contribution in [0.2, 0.25) is 5.02 Å². The van der Waals surface area contributed by atoms with Gasteiger partial charge in [0.15, 0.2) is 0 Å². The van der Waals surface area contributed by atoms with E-state index in [4.69, 9.17) is 17.3 Å². The number of nitrogens with two attached hydrogens (primary N) is 1. The summed E-state index contributed by atoms with van der Waals surface area (Å²) < 4.78 is 12.1. The molecule has 6 heteroatoms. The van der Waals surface area contributed by atoms with Gasteiger partial charge < -0.3 is 5.73 Å². The molecule has 0 aliphatic rings. The maximum atomic E-state index is 12.1. The third-order valence-corrected chi connectivity index (χ3v) is 2.24. The minimum Gasteiger partial charge on any atom is -0.324 e. The molecule has 0 spiro atoms. The van der Waals surface area contributed by atoms with Crippen LogP contribution in [0.5, 0.6) is 0 Å². The van der Waals surface area contributed by atoms with E-state index < -0.39 is 17.6 Å². The van der Waals surface area contributed by atoms with E-state index in [1.807, 2.05) is 0 Å². The summed E-state index contributed by atoms with van der Waals surface area (Å²) in [5, 5.41) is 11.0. The van der Waals surface area contributed by atoms with Gasteiger partial charge in [0.25, 0.3) is 5.69 Å². The molecule has 1 aromatic rings. The molecule has 1 aromatic carbocycles. The van der Waals surface area contributed by atoms with Crippen molar-refractivity contribution in [1.82, 2.24) is 0 Å². The average molecular weight is 233 g/mol. The van der Waals surface area contributed by atoms with Gasteiger partial charge in [0.2, 0.25) is 0 Å². The van der Waals surface area contributed by atoms with Crippen LogP contribution in [-0.2, 0) is 0 Å². The number of hydrogen-bond acceptors (Lipinski definition) is 3. The van der Waals surface area contributed by atoms with E-state index in [1.54, 1.807) is 0 Å². The summed E-state index contributed by atoms with van der Waals surface area (Å²) in [6, 6.07) is 3.38. The number of halogens is 2. The number of rotatable bonds is 4. The predicted molar refractivity (Wildman–Crippen MR) is 55.6 cm³/mol. The summed E-state index contributed by atoms with van der Waals surface area (Å²) in [6.07, 6.45) is 0.0428. The molecule has 0 heterocycles. The van der Waals surface area contributed by atoms with Crippen LogP contribution in [0.3, 0.4) is 0 Å². The molecule has 0 saturated heterocycles. The van der Waals surface area contributed by atoms with Crippen molar-refractivity contribution in [2.75, 3.05) is 6.67 Å². The van der Waals surface area contributed by atoms with Crippen LogP contribution in [0, 0.1) is 10.1 Å². The minimum absolute atomic E-state index is 0.0428. The van der Waals surface area contributed by atoms with Gasteiger partial charge in [0, 0.05) is 22.7 Å². The number of benzene rings is 1. The zero-order valence-corrected chi connectivity index (χ0v) is 8.58. The fourth-order valence-corrected chi connectivity index (χ4v) is 1.44. The molecule has 82 valence electrons. The lowest BCUT2D eigenvalue weighted by Gasteiger charge is -2.10. The number of nitro groups is 1. The average Bonchev–Trinajstić information content (AvgIpc) is 2.17. The second-order valence-electron chi connectivity index (χ2n) is 3.04. The number of hydrogen-bond donors (Lipinski definition) is 1. The van der Waals surface area contributed by atoms with E-state index >= 15 is 0 Å². The Balaban J connectivity index is 3.12. The summed E-state index contributed by atoms with van der Waals surface area (Å²) in [6.45, 7) is -0.620. The number of nitrogens with zero attached hydrogens (tertiary/aromatic N) is 1. The smallest absolute Gasteiger partial charge is 0.274 e. The van der Waals surface area contributed by atoms with Crippen molar-refractivity contribution in [3.8, 4) is 0 Å². The van der Waals surface area contributed by atoms with Crippen molar-refractivity contribution >= 4 is 17.3 Å². The molecular formula is C9H10ClFN2O2. The van der Waals surface area contributed by atoms with Gasteiger partial charge in [-0.05, 0) is 18.6 Å². The minimum atomic E-state index is -0.700. The van der Waals surface area contributed by atoms with Crippen LogP contribution in [0.1, 0.15) is 18.0 Å². The number of nitro benzene ring substituents is 1. The molecule has 1 rings (SSSR count). The maximum absolute atomic E-state index is 12.1. The highest BCUT2D eigenvalue weighted by Gasteiger charge is 2.19. The Morgan fingerprint density at radius 2 is 2.27 bits per heavy atom. The SMILES string of the molecule is N[C@H](CCF)c1cc(Cl)ccc1[N+](=O)[O-]. The summed E-state index contributed by atoms with van der Waals surface area (Å²) >= 11 is 5.69. The first-order chi connectivity index (χ1) is 7.06. The highest BCUT2D eigenvalue weighted by atomic mass is 35.5. The predicted octanol–water partition coefficient (Wildman–Crippen LogP) is 2.61. The fraction of sp³-hybridized carbons (Fsp3) is 0.333. The van der Waals surface area contributed by atoms with Crippen molar-refractivity contribution in [2.24, 2.45) is 5.73 Å². The van der Waals surface area contributed by atoms with Crippen molar-refractivity contribution in [3.05, 3.63) is 38.9 Å². The maximum Gasteiger partial charge on any atom is 0.274 e. The summed E-state index contributed by atoms with van der Waals surface area (Å²) in [5.41, 5.74) is 5.75. The Bertz CT molecular complexity index is 373. The van der Waals surface area contributed by atoms with Gasteiger partial charge >= 0.3 is 0 Å². The molecule has 0 bridgehead atoms. The van der Waals surface area contributed by atoms with E-state index in [0.717, 1.165) is 0 Å². The first kappa shape index (κ1) is 11.9. The Kier molecular flexibility index (Phi) is 3.99. The third-order valence-electron chi connectivity index (χ3n) is 2.01. The van der Waals surface area contributed by atoms with Gasteiger partial charge in [-0.1, -0.05) is 11.6 Å². The zero-order valence-electron chi connectivity index (χ0n) is 7.82. The highest BCUT2D eigenvalue weighted by molar-refractivity contribution is 6.30. The topological polar surface area (TPSA) is 69.2 Å². The third kappa shape index (κ3) is 2.87. The van der Waals surface area contributed by atoms with Gasteiger partial charge in [-0.2, -0.15) is 0 Å². The van der Waals surface area contributed by atoms with Crippen LogP contribution in [0.4, 0.5) is 10.1 Å². The van der Waals surface area contributed by atoms with Crippen molar-refractivity contribution in [3.63, 3.8) is 0 Å². The van der Waals surface area contributed by atoms with E-state index in [0.29, 0.717) is 5.02 Å². The highest BCUT2D eigenvalue weighted by Crippen LogP contribution is 2.28. The quantitative estimate of drug-likeness (QED) is 0.641. The zero-order chi connectivity index (χ0) is 11.4.